The Morgan fingerprint density at radius 1 is 1.32 bits per heavy atom. The van der Waals surface area contributed by atoms with Gasteiger partial charge >= 0.3 is 0 Å². The Kier molecular flexibility index (Phi) is 4.09. The second-order valence-electron chi connectivity index (χ2n) is 6.66. The lowest BCUT2D eigenvalue weighted by Crippen LogP contribution is -2.25. The number of hydrogen-bond donors (Lipinski definition) is 2. The molecular weight excluding hydrogens is 312 g/mol. The summed E-state index contributed by atoms with van der Waals surface area (Å²) in [6.45, 7) is 3.87. The number of anilines is 1. The van der Waals surface area contributed by atoms with Crippen molar-refractivity contribution in [3.63, 3.8) is 0 Å². The molecular formula is C20H24N4O. The van der Waals surface area contributed by atoms with Crippen molar-refractivity contribution in [1.29, 1.82) is 0 Å². The number of aromatic nitrogens is 2. The Balaban J connectivity index is 1.70. The SMILES string of the molecule is CN[C@H]1CCNc2cc3c(cc21)ncn3Cc1ccc(OC)c(C)c1. The summed E-state index contributed by atoms with van der Waals surface area (Å²) < 4.78 is 7.56. The van der Waals surface area contributed by atoms with Gasteiger partial charge in [-0.25, -0.2) is 4.98 Å². The van der Waals surface area contributed by atoms with Crippen molar-refractivity contribution < 1.29 is 4.74 Å². The lowest BCUT2D eigenvalue weighted by atomic mass is 9.97. The summed E-state index contributed by atoms with van der Waals surface area (Å²) in [7, 11) is 3.73. The van der Waals surface area contributed by atoms with Gasteiger partial charge in [0.15, 0.2) is 0 Å². The molecule has 0 spiro atoms. The fourth-order valence-electron chi connectivity index (χ4n) is 3.73. The lowest BCUT2D eigenvalue weighted by molar-refractivity contribution is 0.411. The van der Waals surface area contributed by atoms with Crippen molar-refractivity contribution >= 4 is 16.7 Å². The molecule has 2 heterocycles. The maximum Gasteiger partial charge on any atom is 0.121 e. The number of nitrogens with one attached hydrogen (secondary N) is 2. The van der Waals surface area contributed by atoms with Crippen LogP contribution in [-0.2, 0) is 6.54 Å². The molecule has 5 nitrogen and oxygen atoms in total. The van der Waals surface area contributed by atoms with Crippen LogP contribution in [0.1, 0.15) is 29.2 Å². The predicted octanol–water partition coefficient (Wildman–Crippen LogP) is 3.48. The molecule has 0 bridgehead atoms. The average molecular weight is 336 g/mol. The van der Waals surface area contributed by atoms with E-state index >= 15 is 0 Å². The zero-order valence-corrected chi connectivity index (χ0v) is 15.0. The van der Waals surface area contributed by atoms with E-state index in [4.69, 9.17) is 4.74 Å². The number of aryl methyl sites for hydroxylation is 1. The topological polar surface area (TPSA) is 51.1 Å². The van der Waals surface area contributed by atoms with E-state index in [-0.39, 0.29) is 0 Å². The second-order valence-corrected chi connectivity index (χ2v) is 6.66. The second kappa shape index (κ2) is 6.41. The van der Waals surface area contributed by atoms with Crippen LogP contribution in [0, 0.1) is 6.92 Å². The molecule has 1 aliphatic heterocycles. The van der Waals surface area contributed by atoms with Crippen LogP contribution in [0.4, 0.5) is 5.69 Å². The molecule has 0 radical (unpaired) electrons. The highest BCUT2D eigenvalue weighted by molar-refractivity contribution is 5.82. The fraction of sp³-hybridized carbons (Fsp3) is 0.350. The number of methoxy groups -OCH3 is 1. The molecule has 5 heteroatoms. The van der Waals surface area contributed by atoms with Crippen molar-refractivity contribution in [3.8, 4) is 5.75 Å². The van der Waals surface area contributed by atoms with E-state index in [1.54, 1.807) is 7.11 Å². The Bertz CT molecular complexity index is 915. The minimum Gasteiger partial charge on any atom is -0.496 e. The van der Waals surface area contributed by atoms with Crippen LogP contribution in [0.15, 0.2) is 36.7 Å². The van der Waals surface area contributed by atoms with E-state index in [1.165, 1.54) is 16.8 Å². The molecule has 2 aromatic carbocycles. The van der Waals surface area contributed by atoms with Gasteiger partial charge in [-0.05, 0) is 55.3 Å². The quantitative estimate of drug-likeness (QED) is 0.766. The van der Waals surface area contributed by atoms with Crippen LogP contribution in [0.5, 0.6) is 5.75 Å². The van der Waals surface area contributed by atoms with Gasteiger partial charge in [-0.1, -0.05) is 12.1 Å². The standard InChI is InChI=1S/C20H24N4O/c1-13-8-14(4-5-20(13)25-3)11-24-12-23-18-9-15-16(21-2)6-7-22-17(15)10-19(18)24/h4-5,8-10,12,16,21-22H,6-7,11H2,1-3H3/t16-/m0/s1. The largest absolute Gasteiger partial charge is 0.496 e. The Morgan fingerprint density at radius 3 is 2.96 bits per heavy atom. The van der Waals surface area contributed by atoms with Gasteiger partial charge in [0.1, 0.15) is 5.75 Å². The highest BCUT2D eigenvalue weighted by Crippen LogP contribution is 2.33. The molecule has 1 aromatic heterocycles. The van der Waals surface area contributed by atoms with E-state index in [1.807, 2.05) is 19.4 Å². The highest BCUT2D eigenvalue weighted by atomic mass is 16.5. The first-order valence-corrected chi connectivity index (χ1v) is 8.73. The van der Waals surface area contributed by atoms with Gasteiger partial charge in [0.25, 0.3) is 0 Å². The normalized spacial score (nSPS) is 16.5. The summed E-state index contributed by atoms with van der Waals surface area (Å²) in [4.78, 5) is 4.63. The molecule has 1 atom stereocenters. The first-order chi connectivity index (χ1) is 12.2. The van der Waals surface area contributed by atoms with Gasteiger partial charge in [0, 0.05) is 24.8 Å². The Morgan fingerprint density at radius 2 is 2.20 bits per heavy atom. The average Bonchev–Trinajstić information content (AvgIpc) is 3.01. The van der Waals surface area contributed by atoms with Crippen molar-refractivity contribution in [1.82, 2.24) is 14.9 Å². The fourth-order valence-corrected chi connectivity index (χ4v) is 3.73. The van der Waals surface area contributed by atoms with E-state index in [0.29, 0.717) is 6.04 Å². The van der Waals surface area contributed by atoms with Gasteiger partial charge in [-0.15, -0.1) is 0 Å². The molecule has 1 aliphatic rings. The zero-order chi connectivity index (χ0) is 17.4. The van der Waals surface area contributed by atoms with Gasteiger partial charge in [0.2, 0.25) is 0 Å². The maximum atomic E-state index is 5.35. The Hall–Kier alpha value is -2.53. The third-order valence-electron chi connectivity index (χ3n) is 5.08. The smallest absolute Gasteiger partial charge is 0.121 e. The van der Waals surface area contributed by atoms with Crippen molar-refractivity contribution in [2.24, 2.45) is 0 Å². The number of rotatable bonds is 4. The first-order valence-electron chi connectivity index (χ1n) is 8.73. The molecule has 0 fully saturated rings. The number of ether oxygens (including phenoxy) is 1. The van der Waals surface area contributed by atoms with Crippen LogP contribution in [0.3, 0.4) is 0 Å². The van der Waals surface area contributed by atoms with Gasteiger partial charge in [-0.3, -0.25) is 0 Å². The monoisotopic (exact) mass is 336 g/mol. The van der Waals surface area contributed by atoms with Crippen LogP contribution >= 0.6 is 0 Å². The van der Waals surface area contributed by atoms with Gasteiger partial charge in [-0.2, -0.15) is 0 Å². The summed E-state index contributed by atoms with van der Waals surface area (Å²) in [6, 6.07) is 11.2. The molecule has 0 saturated heterocycles. The third-order valence-corrected chi connectivity index (χ3v) is 5.08. The zero-order valence-electron chi connectivity index (χ0n) is 15.0. The van der Waals surface area contributed by atoms with Crippen LogP contribution in [-0.4, -0.2) is 30.3 Å². The van der Waals surface area contributed by atoms with Gasteiger partial charge in [0.05, 0.1) is 24.5 Å². The summed E-state index contributed by atoms with van der Waals surface area (Å²) in [5.74, 6) is 0.926. The molecule has 3 aromatic rings. The van der Waals surface area contributed by atoms with E-state index in [0.717, 1.165) is 41.9 Å². The predicted molar refractivity (Wildman–Crippen MR) is 101 cm³/mol. The van der Waals surface area contributed by atoms with Crippen molar-refractivity contribution in [2.75, 3.05) is 26.0 Å². The summed E-state index contributed by atoms with van der Waals surface area (Å²) in [6.07, 6.45) is 3.03. The summed E-state index contributed by atoms with van der Waals surface area (Å²) in [5, 5.41) is 6.93. The lowest BCUT2D eigenvalue weighted by Gasteiger charge is -2.26. The number of nitrogens with zero attached hydrogens (tertiary/aromatic N) is 2. The first kappa shape index (κ1) is 16.0. The van der Waals surface area contributed by atoms with Crippen LogP contribution in [0.2, 0.25) is 0 Å². The summed E-state index contributed by atoms with van der Waals surface area (Å²) in [5.41, 5.74) is 7.14. The highest BCUT2D eigenvalue weighted by Gasteiger charge is 2.20. The molecule has 2 N–H and O–H groups in total. The molecule has 25 heavy (non-hydrogen) atoms. The molecule has 0 amide bonds. The van der Waals surface area contributed by atoms with Gasteiger partial charge < -0.3 is 19.9 Å². The van der Waals surface area contributed by atoms with Crippen molar-refractivity contribution in [3.05, 3.63) is 53.3 Å². The molecule has 4 rings (SSSR count). The van der Waals surface area contributed by atoms with E-state index in [9.17, 15) is 0 Å². The van der Waals surface area contributed by atoms with E-state index < -0.39 is 0 Å². The third kappa shape index (κ3) is 2.85. The number of hydrogen-bond acceptors (Lipinski definition) is 4. The maximum absolute atomic E-state index is 5.35. The number of benzene rings is 2. The molecule has 0 saturated carbocycles. The number of fused-ring (bicyclic) bond motifs is 2. The van der Waals surface area contributed by atoms with Crippen LogP contribution < -0.4 is 15.4 Å². The van der Waals surface area contributed by atoms with Crippen molar-refractivity contribution in [2.45, 2.75) is 25.9 Å². The minimum atomic E-state index is 0.398. The molecule has 0 unspecified atom stereocenters. The molecule has 130 valence electrons. The summed E-state index contributed by atoms with van der Waals surface area (Å²) >= 11 is 0. The van der Waals surface area contributed by atoms with E-state index in [2.05, 4.69) is 51.4 Å². The van der Waals surface area contributed by atoms with Crippen LogP contribution in [0.25, 0.3) is 11.0 Å². The Labute approximate surface area is 148 Å². The number of imidazole rings is 1. The molecule has 0 aliphatic carbocycles. The minimum absolute atomic E-state index is 0.398.